The van der Waals surface area contributed by atoms with Crippen LogP contribution in [0.3, 0.4) is 0 Å². The summed E-state index contributed by atoms with van der Waals surface area (Å²) >= 11 is 0. The Morgan fingerprint density at radius 1 is 1.58 bits per heavy atom. The van der Waals surface area contributed by atoms with Gasteiger partial charge in [0.15, 0.2) is 0 Å². The van der Waals surface area contributed by atoms with Crippen LogP contribution >= 0.6 is 0 Å². The highest BCUT2D eigenvalue weighted by molar-refractivity contribution is 4.77. The molecule has 1 unspecified atom stereocenters. The van der Waals surface area contributed by atoms with Crippen molar-refractivity contribution in [2.24, 2.45) is 5.73 Å². The van der Waals surface area contributed by atoms with E-state index in [0.29, 0.717) is 6.04 Å². The first kappa shape index (κ1) is 9.26. The minimum absolute atomic E-state index is 0.362. The molecule has 68 valence electrons. The molecular weight excluding hydrogens is 150 g/mol. The molecule has 3 nitrogen and oxygen atoms in total. The number of nitrogens with zero attached hydrogens (tertiary/aromatic N) is 2. The highest BCUT2D eigenvalue weighted by Gasteiger charge is 1.98. The van der Waals surface area contributed by atoms with E-state index in [0.717, 1.165) is 25.8 Å². The van der Waals surface area contributed by atoms with Crippen molar-refractivity contribution in [1.82, 2.24) is 9.78 Å². The molecule has 0 aliphatic heterocycles. The molecule has 1 aromatic rings. The van der Waals surface area contributed by atoms with Crippen LogP contribution in [0.4, 0.5) is 0 Å². The number of nitrogens with two attached hydrogens (primary N) is 1. The van der Waals surface area contributed by atoms with Gasteiger partial charge in [-0.05, 0) is 25.3 Å². The Labute approximate surface area is 73.6 Å². The smallest absolute Gasteiger partial charge is 0.0489 e. The summed E-state index contributed by atoms with van der Waals surface area (Å²) in [5.74, 6) is 0. The summed E-state index contributed by atoms with van der Waals surface area (Å²) in [6, 6.07) is 2.31. The third-order valence-corrected chi connectivity index (χ3v) is 2.05. The van der Waals surface area contributed by atoms with Gasteiger partial charge in [0.2, 0.25) is 0 Å². The van der Waals surface area contributed by atoms with Crippen LogP contribution in [0, 0.1) is 0 Å². The molecule has 0 radical (unpaired) electrons. The third-order valence-electron chi connectivity index (χ3n) is 2.05. The van der Waals surface area contributed by atoms with Gasteiger partial charge in [0.1, 0.15) is 0 Å². The molecule has 12 heavy (non-hydrogen) atoms. The zero-order valence-corrected chi connectivity index (χ0v) is 7.61. The van der Waals surface area contributed by atoms with Gasteiger partial charge < -0.3 is 5.73 Å². The molecule has 0 fully saturated rings. The Morgan fingerprint density at radius 3 is 3.00 bits per heavy atom. The molecule has 3 heteroatoms. The first-order valence-corrected chi connectivity index (χ1v) is 4.56. The van der Waals surface area contributed by atoms with Gasteiger partial charge in [0.25, 0.3) is 0 Å². The lowest BCUT2D eigenvalue weighted by molar-refractivity contribution is 0.501. The summed E-state index contributed by atoms with van der Waals surface area (Å²) in [7, 11) is 0. The molecule has 0 aliphatic rings. The van der Waals surface area contributed by atoms with Crippen molar-refractivity contribution in [3.63, 3.8) is 0 Å². The average Bonchev–Trinajstić information content (AvgIpc) is 2.57. The SMILES string of the molecule is CCC(N)CCCn1cccn1. The standard InChI is InChI=1S/C9H17N3/c1-2-9(10)5-3-7-12-8-4-6-11-12/h4,6,8-9H,2-3,5,7,10H2,1H3. The fraction of sp³-hybridized carbons (Fsp3) is 0.667. The molecule has 0 saturated carbocycles. The minimum Gasteiger partial charge on any atom is -0.328 e. The van der Waals surface area contributed by atoms with E-state index in [1.54, 1.807) is 6.20 Å². The number of hydrogen-bond donors (Lipinski definition) is 1. The molecule has 0 saturated heterocycles. The van der Waals surface area contributed by atoms with Gasteiger partial charge in [-0.3, -0.25) is 4.68 Å². The lowest BCUT2D eigenvalue weighted by Crippen LogP contribution is -2.18. The maximum Gasteiger partial charge on any atom is 0.0489 e. The van der Waals surface area contributed by atoms with E-state index in [4.69, 9.17) is 5.73 Å². The van der Waals surface area contributed by atoms with Crippen LogP contribution in [0.5, 0.6) is 0 Å². The maximum absolute atomic E-state index is 5.78. The predicted octanol–water partition coefficient (Wildman–Crippen LogP) is 1.40. The Hall–Kier alpha value is -0.830. The van der Waals surface area contributed by atoms with Crippen LogP contribution in [0.25, 0.3) is 0 Å². The van der Waals surface area contributed by atoms with Gasteiger partial charge in [0.05, 0.1) is 0 Å². The summed E-state index contributed by atoms with van der Waals surface area (Å²) < 4.78 is 1.95. The second-order valence-corrected chi connectivity index (χ2v) is 3.08. The fourth-order valence-electron chi connectivity index (χ4n) is 1.15. The molecule has 0 bridgehead atoms. The summed E-state index contributed by atoms with van der Waals surface area (Å²) in [6.45, 7) is 3.11. The maximum atomic E-state index is 5.78. The van der Waals surface area contributed by atoms with E-state index in [1.807, 2.05) is 16.9 Å². The summed E-state index contributed by atoms with van der Waals surface area (Å²) in [6.07, 6.45) is 7.07. The molecule has 0 aromatic carbocycles. The number of hydrogen-bond acceptors (Lipinski definition) is 2. The Morgan fingerprint density at radius 2 is 2.42 bits per heavy atom. The van der Waals surface area contributed by atoms with Crippen molar-refractivity contribution in [2.45, 2.75) is 38.8 Å². The molecule has 1 rings (SSSR count). The Balaban J connectivity index is 2.11. The van der Waals surface area contributed by atoms with E-state index in [-0.39, 0.29) is 0 Å². The lowest BCUT2D eigenvalue weighted by atomic mass is 10.1. The highest BCUT2D eigenvalue weighted by Crippen LogP contribution is 2.00. The van der Waals surface area contributed by atoms with Crippen molar-refractivity contribution in [2.75, 3.05) is 0 Å². The number of rotatable bonds is 5. The molecule has 0 aliphatic carbocycles. The van der Waals surface area contributed by atoms with E-state index in [2.05, 4.69) is 12.0 Å². The van der Waals surface area contributed by atoms with E-state index in [1.165, 1.54) is 0 Å². The molecule has 1 aromatic heterocycles. The van der Waals surface area contributed by atoms with Crippen LogP contribution < -0.4 is 5.73 Å². The number of aromatic nitrogens is 2. The molecule has 0 amide bonds. The molecule has 1 heterocycles. The topological polar surface area (TPSA) is 43.8 Å². The molecular formula is C9H17N3. The number of aryl methyl sites for hydroxylation is 1. The second kappa shape index (κ2) is 4.93. The fourth-order valence-corrected chi connectivity index (χ4v) is 1.15. The third kappa shape index (κ3) is 3.05. The van der Waals surface area contributed by atoms with Crippen LogP contribution in [-0.4, -0.2) is 15.8 Å². The average molecular weight is 167 g/mol. The molecule has 2 N–H and O–H groups in total. The Kier molecular flexibility index (Phi) is 3.80. The highest BCUT2D eigenvalue weighted by atomic mass is 15.3. The zero-order valence-electron chi connectivity index (χ0n) is 7.61. The van der Waals surface area contributed by atoms with E-state index < -0.39 is 0 Å². The second-order valence-electron chi connectivity index (χ2n) is 3.08. The first-order chi connectivity index (χ1) is 5.83. The monoisotopic (exact) mass is 167 g/mol. The van der Waals surface area contributed by atoms with Crippen molar-refractivity contribution < 1.29 is 0 Å². The Bertz CT molecular complexity index is 194. The van der Waals surface area contributed by atoms with Crippen molar-refractivity contribution in [3.05, 3.63) is 18.5 Å². The quantitative estimate of drug-likeness (QED) is 0.720. The van der Waals surface area contributed by atoms with Gasteiger partial charge in [-0.25, -0.2) is 0 Å². The van der Waals surface area contributed by atoms with Crippen molar-refractivity contribution in [3.8, 4) is 0 Å². The van der Waals surface area contributed by atoms with E-state index in [9.17, 15) is 0 Å². The van der Waals surface area contributed by atoms with Crippen LogP contribution in [0.1, 0.15) is 26.2 Å². The normalized spacial score (nSPS) is 13.2. The summed E-state index contributed by atoms with van der Waals surface area (Å²) in [5, 5.41) is 4.11. The predicted molar refractivity (Wildman–Crippen MR) is 49.7 cm³/mol. The van der Waals surface area contributed by atoms with Crippen molar-refractivity contribution in [1.29, 1.82) is 0 Å². The largest absolute Gasteiger partial charge is 0.328 e. The summed E-state index contributed by atoms with van der Waals surface area (Å²) in [4.78, 5) is 0. The van der Waals surface area contributed by atoms with Gasteiger partial charge in [-0.15, -0.1) is 0 Å². The lowest BCUT2D eigenvalue weighted by Gasteiger charge is -2.07. The van der Waals surface area contributed by atoms with Gasteiger partial charge in [0, 0.05) is 25.0 Å². The minimum atomic E-state index is 0.362. The van der Waals surface area contributed by atoms with Gasteiger partial charge in [-0.2, -0.15) is 5.10 Å². The van der Waals surface area contributed by atoms with Gasteiger partial charge >= 0.3 is 0 Å². The van der Waals surface area contributed by atoms with E-state index >= 15 is 0 Å². The van der Waals surface area contributed by atoms with Crippen LogP contribution in [0.2, 0.25) is 0 Å². The molecule has 1 atom stereocenters. The zero-order chi connectivity index (χ0) is 8.81. The van der Waals surface area contributed by atoms with Crippen LogP contribution in [0.15, 0.2) is 18.5 Å². The first-order valence-electron chi connectivity index (χ1n) is 4.56. The van der Waals surface area contributed by atoms with Crippen LogP contribution in [-0.2, 0) is 6.54 Å². The van der Waals surface area contributed by atoms with Gasteiger partial charge in [-0.1, -0.05) is 6.92 Å². The molecule has 0 spiro atoms. The van der Waals surface area contributed by atoms with Crippen molar-refractivity contribution >= 4 is 0 Å². The summed E-state index contributed by atoms with van der Waals surface area (Å²) in [5.41, 5.74) is 5.78.